The molecule has 0 radical (unpaired) electrons. The maximum atomic E-state index is 13.3. The van der Waals surface area contributed by atoms with E-state index in [1.54, 1.807) is 12.1 Å². The first-order valence-electron chi connectivity index (χ1n) is 4.23. The third-order valence-electron chi connectivity index (χ3n) is 1.92. The first kappa shape index (κ1) is 11.5. The van der Waals surface area contributed by atoms with E-state index in [1.807, 2.05) is 6.26 Å². The molecule has 1 N–H and O–H groups in total. The van der Waals surface area contributed by atoms with E-state index < -0.39 is 19.0 Å². The minimum atomic E-state index is -2.93. The van der Waals surface area contributed by atoms with Crippen LogP contribution in [-0.2, 0) is 5.92 Å². The van der Waals surface area contributed by atoms with Crippen molar-refractivity contribution < 1.29 is 13.9 Å². The first-order valence-corrected chi connectivity index (χ1v) is 5.46. The number of alkyl halides is 2. The zero-order valence-corrected chi connectivity index (χ0v) is 8.65. The minimum Gasteiger partial charge on any atom is -0.396 e. The van der Waals surface area contributed by atoms with Gasteiger partial charge in [0, 0.05) is 23.5 Å². The van der Waals surface area contributed by atoms with E-state index in [0.717, 1.165) is 4.90 Å². The van der Waals surface area contributed by atoms with E-state index in [4.69, 9.17) is 5.11 Å². The van der Waals surface area contributed by atoms with Crippen molar-refractivity contribution in [1.29, 1.82) is 0 Å². The molecule has 0 spiro atoms. The number of hydrogen-bond donors (Lipinski definition) is 1. The fraction of sp³-hybridized carbons (Fsp3) is 0.400. The molecule has 0 aromatic heterocycles. The number of aliphatic hydroxyl groups excluding tert-OH is 1. The van der Waals surface area contributed by atoms with Crippen LogP contribution in [0.5, 0.6) is 0 Å². The lowest BCUT2D eigenvalue weighted by Crippen LogP contribution is -2.15. The second-order valence-corrected chi connectivity index (χ2v) is 3.79. The van der Waals surface area contributed by atoms with Crippen LogP contribution in [0.1, 0.15) is 12.0 Å². The molecule has 0 fully saturated rings. The van der Waals surface area contributed by atoms with Crippen LogP contribution in [-0.4, -0.2) is 18.0 Å². The molecular weight excluding hydrogens is 206 g/mol. The summed E-state index contributed by atoms with van der Waals surface area (Å²) in [5.74, 6) is -2.93. The summed E-state index contributed by atoms with van der Waals surface area (Å²) in [5, 5.41) is 8.50. The van der Waals surface area contributed by atoms with E-state index in [9.17, 15) is 8.78 Å². The Bertz CT molecular complexity index is 302. The summed E-state index contributed by atoms with van der Waals surface area (Å²) < 4.78 is 26.6. The smallest absolute Gasteiger partial charge is 0.275 e. The molecule has 0 bridgehead atoms. The number of thioether (sulfide) groups is 1. The topological polar surface area (TPSA) is 20.2 Å². The van der Waals surface area contributed by atoms with Crippen LogP contribution in [0.25, 0.3) is 0 Å². The van der Waals surface area contributed by atoms with Crippen molar-refractivity contribution in [1.82, 2.24) is 0 Å². The van der Waals surface area contributed by atoms with Crippen LogP contribution in [0, 0.1) is 0 Å². The molecule has 1 aromatic rings. The summed E-state index contributed by atoms with van der Waals surface area (Å²) in [5.41, 5.74) is -0.0293. The van der Waals surface area contributed by atoms with Gasteiger partial charge in [-0.25, -0.2) is 8.78 Å². The third-order valence-corrected chi connectivity index (χ3v) is 2.64. The normalized spacial score (nSPS) is 11.7. The standard InChI is InChI=1S/C10H12F2OS/c1-14-9-4-2-3-8(7-9)10(11,12)5-6-13/h2-4,7,13H,5-6H2,1H3. The fourth-order valence-electron chi connectivity index (χ4n) is 1.14. The second-order valence-electron chi connectivity index (χ2n) is 2.91. The van der Waals surface area contributed by atoms with Gasteiger partial charge in [0.25, 0.3) is 5.92 Å². The Balaban J connectivity index is 2.93. The van der Waals surface area contributed by atoms with Gasteiger partial charge in [-0.15, -0.1) is 11.8 Å². The molecule has 0 heterocycles. The SMILES string of the molecule is CSc1cccc(C(F)(F)CCO)c1. The molecule has 0 saturated heterocycles. The van der Waals surface area contributed by atoms with Crippen LogP contribution in [0.2, 0.25) is 0 Å². The van der Waals surface area contributed by atoms with E-state index in [2.05, 4.69) is 0 Å². The molecule has 0 aliphatic heterocycles. The lowest BCUT2D eigenvalue weighted by molar-refractivity contribution is -0.0271. The van der Waals surface area contributed by atoms with E-state index in [1.165, 1.54) is 23.9 Å². The van der Waals surface area contributed by atoms with Crippen LogP contribution in [0.3, 0.4) is 0 Å². The van der Waals surface area contributed by atoms with E-state index in [0.29, 0.717) is 0 Å². The predicted molar refractivity (Wildman–Crippen MR) is 53.8 cm³/mol. The van der Waals surface area contributed by atoms with Crippen molar-refractivity contribution >= 4 is 11.8 Å². The predicted octanol–water partition coefficient (Wildman–Crippen LogP) is 2.88. The molecule has 1 nitrogen and oxygen atoms in total. The molecule has 78 valence electrons. The maximum absolute atomic E-state index is 13.3. The van der Waals surface area contributed by atoms with E-state index in [-0.39, 0.29) is 5.56 Å². The van der Waals surface area contributed by atoms with Gasteiger partial charge in [-0.3, -0.25) is 0 Å². The molecule has 1 rings (SSSR count). The molecule has 1 aromatic carbocycles. The summed E-state index contributed by atoms with van der Waals surface area (Å²) in [6, 6.07) is 6.23. The molecule has 0 saturated carbocycles. The van der Waals surface area contributed by atoms with Gasteiger partial charge in [0.1, 0.15) is 0 Å². The average molecular weight is 218 g/mol. The monoisotopic (exact) mass is 218 g/mol. The number of benzene rings is 1. The highest BCUT2D eigenvalue weighted by Gasteiger charge is 2.30. The average Bonchev–Trinajstić information content (AvgIpc) is 2.18. The molecule has 0 aliphatic carbocycles. The fourth-order valence-corrected chi connectivity index (χ4v) is 1.59. The third kappa shape index (κ3) is 2.69. The van der Waals surface area contributed by atoms with Gasteiger partial charge < -0.3 is 5.11 Å². The molecule has 0 unspecified atom stereocenters. The Morgan fingerprint density at radius 3 is 2.71 bits per heavy atom. The Kier molecular flexibility index (Phi) is 3.89. The Hall–Kier alpha value is -0.610. The molecule has 0 atom stereocenters. The lowest BCUT2D eigenvalue weighted by atomic mass is 10.1. The highest BCUT2D eigenvalue weighted by molar-refractivity contribution is 7.98. The van der Waals surface area contributed by atoms with Crippen molar-refractivity contribution in [3.8, 4) is 0 Å². The van der Waals surface area contributed by atoms with Gasteiger partial charge >= 0.3 is 0 Å². The number of hydrogen-bond acceptors (Lipinski definition) is 2. The highest BCUT2D eigenvalue weighted by Crippen LogP contribution is 2.32. The van der Waals surface area contributed by atoms with Crippen LogP contribution >= 0.6 is 11.8 Å². The maximum Gasteiger partial charge on any atom is 0.275 e. The Morgan fingerprint density at radius 1 is 1.43 bits per heavy atom. The van der Waals surface area contributed by atoms with Gasteiger partial charge in [-0.05, 0) is 18.4 Å². The van der Waals surface area contributed by atoms with Crippen molar-refractivity contribution in [2.45, 2.75) is 17.2 Å². The van der Waals surface area contributed by atoms with Crippen molar-refractivity contribution in [3.05, 3.63) is 29.8 Å². The molecule has 0 aliphatic rings. The van der Waals surface area contributed by atoms with Gasteiger partial charge in [-0.1, -0.05) is 12.1 Å². The molecule has 4 heteroatoms. The summed E-state index contributed by atoms with van der Waals surface area (Å²) in [4.78, 5) is 0.806. The Morgan fingerprint density at radius 2 is 2.14 bits per heavy atom. The zero-order valence-electron chi connectivity index (χ0n) is 7.84. The largest absolute Gasteiger partial charge is 0.396 e. The number of rotatable bonds is 4. The summed E-state index contributed by atoms with van der Waals surface area (Å²) in [6.45, 7) is -0.503. The van der Waals surface area contributed by atoms with Crippen molar-refractivity contribution in [2.75, 3.05) is 12.9 Å². The Labute approximate surface area is 86.1 Å². The quantitative estimate of drug-likeness (QED) is 0.784. The number of halogens is 2. The first-order chi connectivity index (χ1) is 6.60. The van der Waals surface area contributed by atoms with Crippen molar-refractivity contribution in [2.24, 2.45) is 0 Å². The minimum absolute atomic E-state index is 0.0293. The lowest BCUT2D eigenvalue weighted by Gasteiger charge is -2.15. The highest BCUT2D eigenvalue weighted by atomic mass is 32.2. The van der Waals surface area contributed by atoms with Gasteiger partial charge in [0.05, 0.1) is 0 Å². The molecular formula is C10H12F2OS. The summed E-state index contributed by atoms with van der Waals surface area (Å²) in [7, 11) is 0. The van der Waals surface area contributed by atoms with Crippen molar-refractivity contribution in [3.63, 3.8) is 0 Å². The van der Waals surface area contributed by atoms with Crippen LogP contribution < -0.4 is 0 Å². The van der Waals surface area contributed by atoms with Crippen LogP contribution in [0.4, 0.5) is 8.78 Å². The zero-order chi connectivity index (χ0) is 10.6. The summed E-state index contributed by atoms with van der Waals surface area (Å²) in [6.07, 6.45) is 1.31. The molecule has 0 amide bonds. The van der Waals surface area contributed by atoms with Crippen LogP contribution in [0.15, 0.2) is 29.2 Å². The summed E-state index contributed by atoms with van der Waals surface area (Å²) >= 11 is 1.42. The second kappa shape index (κ2) is 4.75. The van der Waals surface area contributed by atoms with Gasteiger partial charge in [-0.2, -0.15) is 0 Å². The number of aliphatic hydroxyl groups is 1. The molecule has 14 heavy (non-hydrogen) atoms. The van der Waals surface area contributed by atoms with E-state index >= 15 is 0 Å². The van der Waals surface area contributed by atoms with Gasteiger partial charge in [0.15, 0.2) is 0 Å². The van der Waals surface area contributed by atoms with Gasteiger partial charge in [0.2, 0.25) is 0 Å².